The quantitative estimate of drug-likeness (QED) is 0.536. The molecule has 158 valence electrons. The molecule has 1 saturated heterocycles. The van der Waals surface area contributed by atoms with Crippen molar-refractivity contribution in [3.8, 4) is 0 Å². The van der Waals surface area contributed by atoms with E-state index in [4.69, 9.17) is 13.9 Å². The first-order valence-electron chi connectivity index (χ1n) is 10.3. The fourth-order valence-electron chi connectivity index (χ4n) is 4.82. The summed E-state index contributed by atoms with van der Waals surface area (Å²) in [4.78, 5) is 41.9. The highest BCUT2D eigenvalue weighted by molar-refractivity contribution is 6.11. The average Bonchev–Trinajstić information content (AvgIpc) is 3.32. The van der Waals surface area contributed by atoms with Crippen molar-refractivity contribution in [3.05, 3.63) is 59.5 Å². The van der Waals surface area contributed by atoms with Crippen molar-refractivity contribution in [1.29, 1.82) is 0 Å². The molecule has 30 heavy (non-hydrogen) atoms. The van der Waals surface area contributed by atoms with E-state index in [1.165, 1.54) is 6.26 Å². The molecule has 2 aromatic rings. The first kappa shape index (κ1) is 20.2. The standard InChI is InChI=1S/C23H25NO6/c1-3-28-21(26)23(22(27)29-4-2)18-17(12-16-10-11-30-19(16)23)14-24(20(18)25)13-15-8-6-5-7-9-15/h5-11,17-18H,3-4,12-14H2,1-2H3/t17-,18+/m1/s1. The molecule has 4 rings (SSSR count). The second-order valence-corrected chi connectivity index (χ2v) is 7.67. The maximum atomic E-state index is 13.6. The number of carbonyl (C=O) groups excluding carboxylic acids is 3. The Hall–Kier alpha value is -3.09. The number of hydrogen-bond acceptors (Lipinski definition) is 6. The fraction of sp³-hybridized carbons (Fsp3) is 0.435. The number of nitrogens with zero attached hydrogens (tertiary/aromatic N) is 1. The van der Waals surface area contributed by atoms with Crippen LogP contribution < -0.4 is 0 Å². The van der Waals surface area contributed by atoms with Gasteiger partial charge in [-0.2, -0.15) is 0 Å². The highest BCUT2D eigenvalue weighted by Gasteiger charge is 2.68. The predicted molar refractivity (Wildman–Crippen MR) is 106 cm³/mol. The second-order valence-electron chi connectivity index (χ2n) is 7.67. The second kappa shape index (κ2) is 7.97. The monoisotopic (exact) mass is 411 g/mol. The van der Waals surface area contributed by atoms with E-state index in [1.807, 2.05) is 30.3 Å². The highest BCUT2D eigenvalue weighted by atomic mass is 16.6. The number of amides is 1. The number of hydrogen-bond donors (Lipinski definition) is 0. The smallest absolute Gasteiger partial charge is 0.332 e. The summed E-state index contributed by atoms with van der Waals surface area (Å²) in [5.41, 5.74) is -0.193. The van der Waals surface area contributed by atoms with E-state index < -0.39 is 23.3 Å². The third kappa shape index (κ3) is 3.00. The van der Waals surface area contributed by atoms with Crippen LogP contribution in [0, 0.1) is 11.8 Å². The molecular formula is C23H25NO6. The van der Waals surface area contributed by atoms with E-state index in [-0.39, 0.29) is 30.8 Å². The molecule has 1 aliphatic carbocycles. The van der Waals surface area contributed by atoms with Gasteiger partial charge in [0.05, 0.1) is 25.4 Å². The van der Waals surface area contributed by atoms with Crippen LogP contribution >= 0.6 is 0 Å². The van der Waals surface area contributed by atoms with E-state index in [0.29, 0.717) is 19.5 Å². The molecule has 0 radical (unpaired) electrons. The molecule has 2 heterocycles. The number of ether oxygens (including phenoxy) is 2. The normalized spacial score (nSPS) is 21.7. The lowest BCUT2D eigenvalue weighted by molar-refractivity contribution is -0.173. The zero-order chi connectivity index (χ0) is 21.3. The van der Waals surface area contributed by atoms with Gasteiger partial charge >= 0.3 is 11.9 Å². The number of esters is 2. The Morgan fingerprint density at radius 3 is 2.40 bits per heavy atom. The third-order valence-corrected chi connectivity index (χ3v) is 5.97. The van der Waals surface area contributed by atoms with Gasteiger partial charge in [0.1, 0.15) is 5.76 Å². The van der Waals surface area contributed by atoms with Crippen molar-refractivity contribution < 1.29 is 28.3 Å². The van der Waals surface area contributed by atoms with Crippen molar-refractivity contribution in [1.82, 2.24) is 4.90 Å². The zero-order valence-electron chi connectivity index (χ0n) is 17.1. The summed E-state index contributed by atoms with van der Waals surface area (Å²) in [6.45, 7) is 4.35. The minimum Gasteiger partial charge on any atom is -0.467 e. The summed E-state index contributed by atoms with van der Waals surface area (Å²) in [7, 11) is 0. The van der Waals surface area contributed by atoms with E-state index in [1.54, 1.807) is 24.8 Å². The molecule has 2 atom stereocenters. The van der Waals surface area contributed by atoms with Crippen LogP contribution in [0.4, 0.5) is 0 Å². The van der Waals surface area contributed by atoms with Crippen LogP contribution in [0.1, 0.15) is 30.7 Å². The molecule has 0 spiro atoms. The van der Waals surface area contributed by atoms with Gasteiger partial charge < -0.3 is 18.8 Å². The molecule has 2 aliphatic rings. The maximum Gasteiger partial charge on any atom is 0.332 e. The number of likely N-dealkylation sites (tertiary alicyclic amines) is 1. The van der Waals surface area contributed by atoms with Crippen molar-refractivity contribution in [2.24, 2.45) is 11.8 Å². The Kier molecular flexibility index (Phi) is 5.37. The Morgan fingerprint density at radius 1 is 1.10 bits per heavy atom. The summed E-state index contributed by atoms with van der Waals surface area (Å²) < 4.78 is 16.3. The molecule has 0 bridgehead atoms. The van der Waals surface area contributed by atoms with Gasteiger partial charge in [-0.25, -0.2) is 0 Å². The fourth-order valence-corrected chi connectivity index (χ4v) is 4.82. The molecule has 1 amide bonds. The van der Waals surface area contributed by atoms with Crippen LogP contribution in [0.25, 0.3) is 0 Å². The molecule has 7 heteroatoms. The number of carbonyl (C=O) groups is 3. The number of benzene rings is 1. The highest BCUT2D eigenvalue weighted by Crippen LogP contribution is 2.50. The van der Waals surface area contributed by atoms with Gasteiger partial charge in [-0.3, -0.25) is 14.4 Å². The van der Waals surface area contributed by atoms with Crippen molar-refractivity contribution >= 4 is 17.8 Å². The summed E-state index contributed by atoms with van der Waals surface area (Å²) >= 11 is 0. The molecule has 1 aromatic heterocycles. The van der Waals surface area contributed by atoms with Gasteiger partial charge in [0, 0.05) is 13.1 Å². The summed E-state index contributed by atoms with van der Waals surface area (Å²) in [6.07, 6.45) is 2.00. The average molecular weight is 411 g/mol. The molecular weight excluding hydrogens is 386 g/mol. The molecule has 1 fully saturated rings. The predicted octanol–water partition coefficient (Wildman–Crippen LogP) is 2.47. The lowest BCUT2D eigenvalue weighted by Gasteiger charge is -2.38. The molecule has 1 aromatic carbocycles. The number of rotatable bonds is 6. The van der Waals surface area contributed by atoms with Crippen LogP contribution in [-0.4, -0.2) is 42.5 Å². The van der Waals surface area contributed by atoms with E-state index >= 15 is 0 Å². The molecule has 0 unspecified atom stereocenters. The zero-order valence-corrected chi connectivity index (χ0v) is 17.1. The van der Waals surface area contributed by atoms with Gasteiger partial charge in [-0.05, 0) is 43.4 Å². The Balaban J connectivity index is 1.80. The summed E-state index contributed by atoms with van der Waals surface area (Å²) in [6, 6.07) is 11.4. The van der Waals surface area contributed by atoms with Gasteiger partial charge in [0.25, 0.3) is 0 Å². The first-order chi connectivity index (χ1) is 14.5. The molecule has 7 nitrogen and oxygen atoms in total. The minimum atomic E-state index is -1.92. The van der Waals surface area contributed by atoms with E-state index in [9.17, 15) is 14.4 Å². The van der Waals surface area contributed by atoms with Crippen LogP contribution in [0.2, 0.25) is 0 Å². The molecule has 0 N–H and O–H groups in total. The third-order valence-electron chi connectivity index (χ3n) is 5.97. The van der Waals surface area contributed by atoms with Gasteiger partial charge in [0.2, 0.25) is 11.3 Å². The molecule has 1 aliphatic heterocycles. The number of fused-ring (bicyclic) bond motifs is 2. The van der Waals surface area contributed by atoms with Crippen LogP contribution in [-0.2, 0) is 42.2 Å². The van der Waals surface area contributed by atoms with Crippen molar-refractivity contribution in [3.63, 3.8) is 0 Å². The Bertz CT molecular complexity index is 932. The lowest BCUT2D eigenvalue weighted by atomic mass is 9.62. The Morgan fingerprint density at radius 2 is 1.77 bits per heavy atom. The van der Waals surface area contributed by atoms with E-state index in [0.717, 1.165) is 11.1 Å². The summed E-state index contributed by atoms with van der Waals surface area (Å²) in [5.74, 6) is -2.80. The van der Waals surface area contributed by atoms with Gasteiger partial charge in [0.15, 0.2) is 0 Å². The molecule has 0 saturated carbocycles. The maximum absolute atomic E-state index is 13.6. The van der Waals surface area contributed by atoms with Gasteiger partial charge in [-0.1, -0.05) is 30.3 Å². The van der Waals surface area contributed by atoms with Crippen molar-refractivity contribution in [2.45, 2.75) is 32.2 Å². The van der Waals surface area contributed by atoms with Crippen LogP contribution in [0.5, 0.6) is 0 Å². The SMILES string of the molecule is CCOC(=O)C1(C(=O)OCC)c2occc2C[C@@H]2CN(Cc3ccccc3)C(=O)[C@H]21. The summed E-state index contributed by atoms with van der Waals surface area (Å²) in [5, 5.41) is 0. The number of furan rings is 1. The topological polar surface area (TPSA) is 86.1 Å². The largest absolute Gasteiger partial charge is 0.467 e. The van der Waals surface area contributed by atoms with E-state index in [2.05, 4.69) is 0 Å². The lowest BCUT2D eigenvalue weighted by Crippen LogP contribution is -2.57. The van der Waals surface area contributed by atoms with Crippen molar-refractivity contribution in [2.75, 3.05) is 19.8 Å². The van der Waals surface area contributed by atoms with Crippen LogP contribution in [0.3, 0.4) is 0 Å². The Labute approximate surface area is 174 Å². The van der Waals surface area contributed by atoms with Crippen LogP contribution in [0.15, 0.2) is 47.1 Å². The van der Waals surface area contributed by atoms with Gasteiger partial charge in [-0.15, -0.1) is 0 Å². The minimum absolute atomic E-state index is 0.0787. The first-order valence-corrected chi connectivity index (χ1v) is 10.3.